The number of aliphatic hydroxyl groups excluding tert-OH is 1. The van der Waals surface area contributed by atoms with Crippen LogP contribution in [0.2, 0.25) is 0 Å². The van der Waals surface area contributed by atoms with Crippen molar-refractivity contribution in [2.24, 2.45) is 28.6 Å². The number of benzene rings is 1. The van der Waals surface area contributed by atoms with Gasteiger partial charge in [0.05, 0.1) is 29.5 Å². The predicted molar refractivity (Wildman–Crippen MR) is 116 cm³/mol. The molecule has 0 spiro atoms. The van der Waals surface area contributed by atoms with Gasteiger partial charge in [0.2, 0.25) is 0 Å². The molecular formula is C26H32N2O. The molecule has 2 aromatic rings. The monoisotopic (exact) mass is 388 g/mol. The number of para-hydroxylation sites is 2. The molecule has 29 heavy (non-hydrogen) atoms. The van der Waals surface area contributed by atoms with Crippen LogP contribution in [0.25, 0.3) is 11.0 Å². The zero-order chi connectivity index (χ0) is 19.8. The van der Waals surface area contributed by atoms with E-state index >= 15 is 0 Å². The summed E-state index contributed by atoms with van der Waals surface area (Å²) in [6, 6.07) is 8.93. The lowest BCUT2D eigenvalue weighted by Gasteiger charge is -2.58. The van der Waals surface area contributed by atoms with Crippen LogP contribution in [-0.2, 0) is 0 Å². The van der Waals surface area contributed by atoms with Gasteiger partial charge in [0.1, 0.15) is 0 Å². The molecule has 4 aliphatic rings. The third-order valence-corrected chi connectivity index (χ3v) is 9.33. The fourth-order valence-electron chi connectivity index (χ4n) is 7.69. The molecule has 2 saturated carbocycles. The van der Waals surface area contributed by atoms with Gasteiger partial charge < -0.3 is 9.67 Å². The van der Waals surface area contributed by atoms with Gasteiger partial charge in [0.15, 0.2) is 0 Å². The lowest BCUT2D eigenvalue weighted by atomic mass is 9.47. The van der Waals surface area contributed by atoms with Crippen LogP contribution in [-0.4, -0.2) is 20.8 Å². The minimum Gasteiger partial charge on any atom is -0.393 e. The molecule has 1 aromatic carbocycles. The zero-order valence-corrected chi connectivity index (χ0v) is 17.6. The smallest absolute Gasteiger partial charge is 0.0964 e. The first-order valence-corrected chi connectivity index (χ1v) is 11.5. The van der Waals surface area contributed by atoms with Gasteiger partial charge in [-0.2, -0.15) is 0 Å². The summed E-state index contributed by atoms with van der Waals surface area (Å²) >= 11 is 0. The highest BCUT2D eigenvalue weighted by molar-refractivity contribution is 5.75. The molecule has 1 heterocycles. The average molecular weight is 389 g/mol. The molecule has 4 unspecified atom stereocenters. The van der Waals surface area contributed by atoms with Crippen molar-refractivity contribution in [3.8, 4) is 0 Å². The average Bonchev–Trinajstić information content (AvgIpc) is 3.29. The van der Waals surface area contributed by atoms with Crippen molar-refractivity contribution in [2.45, 2.75) is 64.5 Å². The minimum atomic E-state index is -0.120. The van der Waals surface area contributed by atoms with Gasteiger partial charge in [-0.1, -0.05) is 49.8 Å². The molecule has 3 nitrogen and oxygen atoms in total. The maximum absolute atomic E-state index is 10.2. The van der Waals surface area contributed by atoms with Crippen LogP contribution >= 0.6 is 0 Å². The second-order valence-electron chi connectivity index (χ2n) is 10.6. The Labute approximate surface area is 173 Å². The van der Waals surface area contributed by atoms with E-state index in [4.69, 9.17) is 0 Å². The van der Waals surface area contributed by atoms with E-state index in [-0.39, 0.29) is 11.5 Å². The van der Waals surface area contributed by atoms with Crippen molar-refractivity contribution in [1.82, 2.24) is 9.55 Å². The van der Waals surface area contributed by atoms with E-state index < -0.39 is 0 Å². The molecule has 0 amide bonds. The first-order valence-electron chi connectivity index (χ1n) is 11.5. The van der Waals surface area contributed by atoms with Gasteiger partial charge >= 0.3 is 0 Å². The number of imidazole rings is 1. The first kappa shape index (κ1) is 17.9. The van der Waals surface area contributed by atoms with Crippen LogP contribution in [0.3, 0.4) is 0 Å². The van der Waals surface area contributed by atoms with E-state index in [2.05, 4.69) is 72.2 Å². The van der Waals surface area contributed by atoms with Gasteiger partial charge in [-0.15, -0.1) is 0 Å². The summed E-state index contributed by atoms with van der Waals surface area (Å²) < 4.78 is 2.43. The number of nitrogens with zero attached hydrogens (tertiary/aromatic N) is 2. The SMILES string of the molecule is C[C@]12CCC3C(CC=C4C[C@H](O)CC[C@@]43C)C1C=CC2n1cnc2ccccc21. The Morgan fingerprint density at radius 1 is 1.10 bits per heavy atom. The van der Waals surface area contributed by atoms with Crippen molar-refractivity contribution in [2.75, 3.05) is 0 Å². The minimum absolute atomic E-state index is 0.120. The summed E-state index contributed by atoms with van der Waals surface area (Å²) in [4.78, 5) is 4.68. The highest BCUT2D eigenvalue weighted by atomic mass is 16.3. The molecule has 6 rings (SSSR count). The van der Waals surface area contributed by atoms with Crippen LogP contribution in [0.4, 0.5) is 0 Å². The van der Waals surface area contributed by atoms with Crippen LogP contribution in [0.1, 0.15) is 58.4 Å². The quantitative estimate of drug-likeness (QED) is 0.639. The van der Waals surface area contributed by atoms with Gasteiger partial charge in [0.25, 0.3) is 0 Å². The normalized spacial score (nSPS) is 43.6. The summed E-state index contributed by atoms with van der Waals surface area (Å²) in [5.41, 5.74) is 4.48. The molecule has 0 bridgehead atoms. The van der Waals surface area contributed by atoms with Crippen molar-refractivity contribution >= 4 is 11.0 Å². The lowest BCUT2D eigenvalue weighted by molar-refractivity contribution is -0.0378. The molecule has 0 aliphatic heterocycles. The van der Waals surface area contributed by atoms with E-state index in [0.717, 1.165) is 36.6 Å². The van der Waals surface area contributed by atoms with Crippen molar-refractivity contribution in [3.05, 3.63) is 54.4 Å². The van der Waals surface area contributed by atoms with Gasteiger partial charge in [-0.05, 0) is 79.2 Å². The molecule has 1 aromatic heterocycles. The fourth-order valence-corrected chi connectivity index (χ4v) is 7.69. The summed E-state index contributed by atoms with van der Waals surface area (Å²) in [5, 5.41) is 10.2. The number of aliphatic hydroxyl groups is 1. The molecule has 2 fully saturated rings. The summed E-state index contributed by atoms with van der Waals surface area (Å²) in [6.07, 6.45) is 16.3. The molecule has 1 N–H and O–H groups in total. The Morgan fingerprint density at radius 3 is 2.86 bits per heavy atom. The lowest BCUT2D eigenvalue weighted by Crippen LogP contribution is -2.50. The Hall–Kier alpha value is -1.87. The second kappa shape index (κ2) is 6.07. The molecule has 7 atom stereocenters. The topological polar surface area (TPSA) is 38.0 Å². The standard InChI is InChI=1S/C26H32N2O/c1-25-13-11-18(29)15-17(25)7-8-19-20-9-10-24(26(20,2)14-12-21(19)25)28-16-27-22-5-3-4-6-23(22)28/h3-7,9-10,16,18-21,24,29H,8,11-15H2,1-2H3/t18-,19?,20?,21?,24?,25+,26+/m1/s1. The first-order chi connectivity index (χ1) is 14.0. The van der Waals surface area contributed by atoms with Gasteiger partial charge in [-0.3, -0.25) is 0 Å². The summed E-state index contributed by atoms with van der Waals surface area (Å²) in [6.45, 7) is 5.03. The Bertz CT molecular complexity index is 1020. The third kappa shape index (κ3) is 2.37. The predicted octanol–water partition coefficient (Wildman–Crippen LogP) is 5.68. The van der Waals surface area contributed by atoms with E-state index in [1.807, 2.05) is 0 Å². The van der Waals surface area contributed by atoms with E-state index in [9.17, 15) is 5.11 Å². The van der Waals surface area contributed by atoms with E-state index in [1.54, 1.807) is 5.57 Å². The summed E-state index contributed by atoms with van der Waals surface area (Å²) in [5.74, 6) is 2.12. The number of fused-ring (bicyclic) bond motifs is 6. The number of rotatable bonds is 1. The maximum Gasteiger partial charge on any atom is 0.0964 e. The van der Waals surface area contributed by atoms with E-state index in [1.165, 1.54) is 24.8 Å². The van der Waals surface area contributed by atoms with Crippen LogP contribution in [0, 0.1) is 28.6 Å². The number of hydrogen-bond acceptors (Lipinski definition) is 2. The molecule has 4 aliphatic carbocycles. The van der Waals surface area contributed by atoms with E-state index in [0.29, 0.717) is 17.4 Å². The van der Waals surface area contributed by atoms with Crippen LogP contribution in [0.15, 0.2) is 54.4 Å². The molecule has 3 heteroatoms. The molecule has 152 valence electrons. The highest BCUT2D eigenvalue weighted by Crippen LogP contribution is 2.65. The van der Waals surface area contributed by atoms with Crippen LogP contribution in [0.5, 0.6) is 0 Å². The third-order valence-electron chi connectivity index (χ3n) is 9.33. The molecule has 0 radical (unpaired) electrons. The van der Waals surface area contributed by atoms with Gasteiger partial charge in [0, 0.05) is 0 Å². The largest absolute Gasteiger partial charge is 0.393 e. The zero-order valence-electron chi connectivity index (χ0n) is 17.6. The Morgan fingerprint density at radius 2 is 1.97 bits per heavy atom. The maximum atomic E-state index is 10.2. The van der Waals surface area contributed by atoms with Gasteiger partial charge in [-0.25, -0.2) is 4.98 Å². The molecule has 0 saturated heterocycles. The van der Waals surface area contributed by atoms with Crippen molar-refractivity contribution in [1.29, 1.82) is 0 Å². The number of hydrogen-bond donors (Lipinski definition) is 1. The van der Waals surface area contributed by atoms with Crippen LogP contribution < -0.4 is 0 Å². The fraction of sp³-hybridized carbons (Fsp3) is 0.577. The van der Waals surface area contributed by atoms with Crippen molar-refractivity contribution in [3.63, 3.8) is 0 Å². The van der Waals surface area contributed by atoms with Crippen molar-refractivity contribution < 1.29 is 5.11 Å². The Balaban J connectivity index is 1.36. The summed E-state index contributed by atoms with van der Waals surface area (Å²) in [7, 11) is 0. The number of aromatic nitrogens is 2. The highest BCUT2D eigenvalue weighted by Gasteiger charge is 2.57. The Kier molecular flexibility index (Phi) is 3.76. The second-order valence-corrected chi connectivity index (χ2v) is 10.6. The number of allylic oxidation sites excluding steroid dienone is 3. The molecular weight excluding hydrogens is 356 g/mol.